The molecule has 1 heterocycles. The third kappa shape index (κ3) is 4.29. The zero-order valence-electron chi connectivity index (χ0n) is 12.9. The van der Waals surface area contributed by atoms with E-state index >= 15 is 0 Å². The Kier molecular flexibility index (Phi) is 5.05. The second-order valence-corrected chi connectivity index (χ2v) is 6.01. The van der Waals surface area contributed by atoms with E-state index in [4.69, 9.17) is 4.74 Å². The number of aromatic nitrogens is 2. The molecular weight excluding hydrogens is 330 g/mol. The minimum absolute atomic E-state index is 0.234. The molecule has 24 heavy (non-hydrogen) atoms. The standard InChI is InChI=1S/C18H14F2N2OS/c1-12-9-17(23-15-5-3-2-4-6-15)22-18(21-12)24-11-13-10-14(19)7-8-16(13)20/h2-10H,11H2,1H3. The van der Waals surface area contributed by atoms with Crippen molar-refractivity contribution in [2.24, 2.45) is 0 Å². The number of para-hydroxylation sites is 1. The van der Waals surface area contributed by atoms with Crippen molar-refractivity contribution in [3.63, 3.8) is 0 Å². The maximum Gasteiger partial charge on any atom is 0.223 e. The van der Waals surface area contributed by atoms with Crippen LogP contribution in [-0.2, 0) is 5.75 Å². The molecule has 0 spiro atoms. The molecule has 0 saturated carbocycles. The number of benzene rings is 2. The minimum Gasteiger partial charge on any atom is -0.439 e. The van der Waals surface area contributed by atoms with Gasteiger partial charge in [-0.25, -0.2) is 13.8 Å². The largest absolute Gasteiger partial charge is 0.439 e. The topological polar surface area (TPSA) is 35.0 Å². The van der Waals surface area contributed by atoms with Gasteiger partial charge in [0.25, 0.3) is 0 Å². The van der Waals surface area contributed by atoms with Crippen LogP contribution in [0.15, 0.2) is 59.8 Å². The first-order chi connectivity index (χ1) is 11.6. The highest BCUT2D eigenvalue weighted by Crippen LogP contribution is 2.26. The van der Waals surface area contributed by atoms with E-state index in [1.54, 1.807) is 6.07 Å². The number of nitrogens with zero attached hydrogens (tertiary/aromatic N) is 2. The Balaban J connectivity index is 1.75. The van der Waals surface area contributed by atoms with Crippen LogP contribution >= 0.6 is 11.8 Å². The number of ether oxygens (including phenoxy) is 1. The van der Waals surface area contributed by atoms with Crippen molar-refractivity contribution in [3.8, 4) is 11.6 Å². The van der Waals surface area contributed by atoms with E-state index in [1.807, 2.05) is 37.3 Å². The summed E-state index contributed by atoms with van der Waals surface area (Å²) in [4.78, 5) is 8.61. The van der Waals surface area contributed by atoms with Gasteiger partial charge in [0.05, 0.1) is 0 Å². The molecule has 0 amide bonds. The highest BCUT2D eigenvalue weighted by atomic mass is 32.2. The molecule has 0 fully saturated rings. The summed E-state index contributed by atoms with van der Waals surface area (Å²) in [6.07, 6.45) is 0. The van der Waals surface area contributed by atoms with Crippen molar-refractivity contribution in [2.45, 2.75) is 17.8 Å². The van der Waals surface area contributed by atoms with Gasteiger partial charge in [-0.2, -0.15) is 4.98 Å². The van der Waals surface area contributed by atoms with Crippen LogP contribution in [0.3, 0.4) is 0 Å². The smallest absolute Gasteiger partial charge is 0.223 e. The molecule has 0 atom stereocenters. The Bertz CT molecular complexity index is 844. The van der Waals surface area contributed by atoms with Crippen LogP contribution in [0.4, 0.5) is 8.78 Å². The van der Waals surface area contributed by atoms with Crippen LogP contribution in [0, 0.1) is 18.6 Å². The van der Waals surface area contributed by atoms with Crippen LogP contribution in [-0.4, -0.2) is 9.97 Å². The van der Waals surface area contributed by atoms with Gasteiger partial charge >= 0.3 is 0 Å². The van der Waals surface area contributed by atoms with Gasteiger partial charge < -0.3 is 4.74 Å². The van der Waals surface area contributed by atoms with Crippen molar-refractivity contribution < 1.29 is 13.5 Å². The highest BCUT2D eigenvalue weighted by Gasteiger charge is 2.09. The lowest BCUT2D eigenvalue weighted by Gasteiger charge is -2.08. The molecule has 0 N–H and O–H groups in total. The van der Waals surface area contributed by atoms with Gasteiger partial charge in [-0.15, -0.1) is 0 Å². The van der Waals surface area contributed by atoms with Crippen molar-refractivity contribution in [1.82, 2.24) is 9.97 Å². The number of hydrogen-bond acceptors (Lipinski definition) is 4. The van der Waals surface area contributed by atoms with Gasteiger partial charge in [-0.1, -0.05) is 30.0 Å². The Morgan fingerprint density at radius 2 is 1.79 bits per heavy atom. The number of halogens is 2. The zero-order chi connectivity index (χ0) is 16.9. The molecule has 2 aromatic carbocycles. The lowest BCUT2D eigenvalue weighted by atomic mass is 10.2. The summed E-state index contributed by atoms with van der Waals surface area (Å²) >= 11 is 1.23. The van der Waals surface area contributed by atoms with Gasteiger partial charge in [0.1, 0.15) is 17.4 Å². The lowest BCUT2D eigenvalue weighted by molar-refractivity contribution is 0.454. The summed E-state index contributed by atoms with van der Waals surface area (Å²) in [6, 6.07) is 14.4. The van der Waals surface area contributed by atoms with E-state index in [-0.39, 0.29) is 11.3 Å². The second-order valence-electron chi connectivity index (χ2n) is 5.07. The summed E-state index contributed by atoms with van der Waals surface area (Å²) in [6.45, 7) is 1.83. The summed E-state index contributed by atoms with van der Waals surface area (Å²) < 4.78 is 32.6. The molecule has 0 aliphatic carbocycles. The maximum absolute atomic E-state index is 13.7. The van der Waals surface area contributed by atoms with Gasteiger partial charge in [0.15, 0.2) is 5.16 Å². The fourth-order valence-corrected chi connectivity index (χ4v) is 2.90. The fourth-order valence-electron chi connectivity index (χ4n) is 2.04. The molecule has 0 radical (unpaired) electrons. The zero-order valence-corrected chi connectivity index (χ0v) is 13.7. The number of rotatable bonds is 5. The molecule has 0 bridgehead atoms. The molecule has 3 rings (SSSR count). The van der Waals surface area contributed by atoms with Gasteiger partial charge in [0.2, 0.25) is 5.88 Å². The maximum atomic E-state index is 13.7. The predicted octanol–water partition coefficient (Wildman–Crippen LogP) is 5.15. The summed E-state index contributed by atoms with van der Waals surface area (Å²) in [5, 5.41) is 0.449. The van der Waals surface area contributed by atoms with Crippen LogP contribution in [0.1, 0.15) is 11.3 Å². The quantitative estimate of drug-likeness (QED) is 0.474. The Morgan fingerprint density at radius 3 is 2.58 bits per heavy atom. The van der Waals surface area contributed by atoms with Gasteiger partial charge in [0, 0.05) is 23.1 Å². The molecule has 0 unspecified atom stereocenters. The van der Waals surface area contributed by atoms with E-state index in [0.717, 1.165) is 17.8 Å². The van der Waals surface area contributed by atoms with Gasteiger partial charge in [-0.3, -0.25) is 0 Å². The van der Waals surface area contributed by atoms with Crippen molar-refractivity contribution in [3.05, 3.63) is 77.5 Å². The molecule has 3 nitrogen and oxygen atoms in total. The van der Waals surface area contributed by atoms with Crippen LogP contribution in [0.5, 0.6) is 11.6 Å². The third-order valence-electron chi connectivity index (χ3n) is 3.14. The fraction of sp³-hybridized carbons (Fsp3) is 0.111. The number of thioether (sulfide) groups is 1. The third-order valence-corrected chi connectivity index (χ3v) is 4.04. The molecule has 0 saturated heterocycles. The average Bonchev–Trinajstić information content (AvgIpc) is 2.56. The molecule has 0 aliphatic rings. The molecule has 6 heteroatoms. The normalized spacial score (nSPS) is 10.6. The van der Waals surface area contributed by atoms with Crippen molar-refractivity contribution in [1.29, 1.82) is 0 Å². The number of hydrogen-bond donors (Lipinski definition) is 0. The highest BCUT2D eigenvalue weighted by molar-refractivity contribution is 7.98. The minimum atomic E-state index is -0.467. The van der Waals surface area contributed by atoms with Crippen LogP contribution < -0.4 is 4.74 Å². The SMILES string of the molecule is Cc1cc(Oc2ccccc2)nc(SCc2cc(F)ccc2F)n1. The monoisotopic (exact) mass is 344 g/mol. The van der Waals surface area contributed by atoms with E-state index in [9.17, 15) is 8.78 Å². The molecule has 122 valence electrons. The lowest BCUT2D eigenvalue weighted by Crippen LogP contribution is -1.96. The Hall–Kier alpha value is -2.47. The second kappa shape index (κ2) is 7.40. The van der Waals surface area contributed by atoms with Gasteiger partial charge in [-0.05, 0) is 37.3 Å². The summed E-state index contributed by atoms with van der Waals surface area (Å²) in [7, 11) is 0. The van der Waals surface area contributed by atoms with Crippen molar-refractivity contribution >= 4 is 11.8 Å². The van der Waals surface area contributed by atoms with Crippen LogP contribution in [0.2, 0.25) is 0 Å². The van der Waals surface area contributed by atoms with E-state index in [0.29, 0.717) is 16.8 Å². The molecule has 3 aromatic rings. The first kappa shape index (κ1) is 16.4. The molecular formula is C18H14F2N2OS. The molecule has 1 aromatic heterocycles. The summed E-state index contributed by atoms with van der Waals surface area (Å²) in [5.41, 5.74) is 1.01. The first-order valence-corrected chi connectivity index (χ1v) is 8.24. The van der Waals surface area contributed by atoms with E-state index in [1.165, 1.54) is 17.8 Å². The average molecular weight is 344 g/mol. The van der Waals surface area contributed by atoms with E-state index < -0.39 is 11.6 Å². The van der Waals surface area contributed by atoms with Crippen LogP contribution in [0.25, 0.3) is 0 Å². The van der Waals surface area contributed by atoms with Crippen molar-refractivity contribution in [2.75, 3.05) is 0 Å². The number of aryl methyl sites for hydroxylation is 1. The molecule has 0 aliphatic heterocycles. The Labute approximate surface area is 142 Å². The Morgan fingerprint density at radius 1 is 1.00 bits per heavy atom. The summed E-state index contributed by atoms with van der Waals surface area (Å²) in [5.74, 6) is 0.402. The first-order valence-electron chi connectivity index (χ1n) is 7.25. The van der Waals surface area contributed by atoms with E-state index in [2.05, 4.69) is 9.97 Å². The predicted molar refractivity (Wildman–Crippen MR) is 89.2 cm³/mol.